The summed E-state index contributed by atoms with van der Waals surface area (Å²) < 4.78 is 0. The standard InChI is InChI=1S/C8H8Cl3N/c1-12-4-5-2-7(10)8(11)3-6(5)9/h2-3,12H,4H2,1H3. The van der Waals surface area contributed by atoms with Gasteiger partial charge in [0.25, 0.3) is 0 Å². The Morgan fingerprint density at radius 1 is 1.08 bits per heavy atom. The molecular formula is C8H8Cl3N. The van der Waals surface area contributed by atoms with E-state index in [4.69, 9.17) is 34.8 Å². The number of hydrogen-bond acceptors (Lipinski definition) is 1. The van der Waals surface area contributed by atoms with E-state index in [1.807, 2.05) is 7.05 Å². The fourth-order valence-electron chi connectivity index (χ4n) is 0.890. The summed E-state index contributed by atoms with van der Waals surface area (Å²) in [6, 6.07) is 3.42. The van der Waals surface area contributed by atoms with Crippen molar-refractivity contribution in [3.8, 4) is 0 Å². The van der Waals surface area contributed by atoms with Crippen molar-refractivity contribution < 1.29 is 0 Å². The zero-order chi connectivity index (χ0) is 9.14. The van der Waals surface area contributed by atoms with E-state index in [9.17, 15) is 0 Å². The van der Waals surface area contributed by atoms with E-state index >= 15 is 0 Å². The predicted octanol–water partition coefficient (Wildman–Crippen LogP) is 3.37. The molecule has 0 radical (unpaired) electrons. The molecule has 0 aliphatic carbocycles. The minimum absolute atomic E-state index is 0.488. The Labute approximate surface area is 86.6 Å². The second-order valence-corrected chi connectivity index (χ2v) is 3.61. The lowest BCUT2D eigenvalue weighted by molar-refractivity contribution is 0.818. The molecule has 0 heterocycles. The van der Waals surface area contributed by atoms with Gasteiger partial charge in [0.05, 0.1) is 10.0 Å². The Kier molecular flexibility index (Phi) is 3.66. The lowest BCUT2D eigenvalue weighted by Gasteiger charge is -2.04. The normalized spacial score (nSPS) is 10.3. The van der Waals surface area contributed by atoms with Crippen LogP contribution < -0.4 is 5.32 Å². The summed E-state index contributed by atoms with van der Waals surface area (Å²) in [7, 11) is 1.85. The Hall–Kier alpha value is 0.0500. The molecular weight excluding hydrogens is 216 g/mol. The van der Waals surface area contributed by atoms with Crippen LogP contribution in [0.4, 0.5) is 0 Å². The average Bonchev–Trinajstić information content (AvgIpc) is 2.01. The number of halogens is 3. The first kappa shape index (κ1) is 10.1. The highest BCUT2D eigenvalue weighted by Crippen LogP contribution is 2.28. The van der Waals surface area contributed by atoms with Crippen molar-refractivity contribution in [2.24, 2.45) is 0 Å². The van der Waals surface area contributed by atoms with Gasteiger partial charge in [0.1, 0.15) is 0 Å². The molecule has 0 saturated carbocycles. The Morgan fingerprint density at radius 2 is 1.67 bits per heavy atom. The van der Waals surface area contributed by atoms with Crippen LogP contribution in [-0.4, -0.2) is 7.05 Å². The average molecular weight is 225 g/mol. The number of nitrogens with one attached hydrogen (secondary N) is 1. The smallest absolute Gasteiger partial charge is 0.0607 e. The number of benzene rings is 1. The molecule has 0 aliphatic rings. The first-order valence-electron chi connectivity index (χ1n) is 3.43. The van der Waals surface area contributed by atoms with Gasteiger partial charge in [0.2, 0.25) is 0 Å². The van der Waals surface area contributed by atoms with Crippen molar-refractivity contribution >= 4 is 34.8 Å². The van der Waals surface area contributed by atoms with E-state index in [1.165, 1.54) is 0 Å². The molecule has 0 amide bonds. The van der Waals surface area contributed by atoms with Crippen LogP contribution in [0.25, 0.3) is 0 Å². The van der Waals surface area contributed by atoms with Gasteiger partial charge < -0.3 is 5.32 Å². The second-order valence-electron chi connectivity index (χ2n) is 2.39. The fourth-order valence-corrected chi connectivity index (χ4v) is 1.53. The molecule has 0 aliphatic heterocycles. The Balaban J connectivity index is 3.05. The molecule has 0 atom stereocenters. The first-order chi connectivity index (χ1) is 5.65. The fraction of sp³-hybridized carbons (Fsp3) is 0.250. The summed E-state index contributed by atoms with van der Waals surface area (Å²) in [5.74, 6) is 0. The van der Waals surface area contributed by atoms with E-state index < -0.39 is 0 Å². The van der Waals surface area contributed by atoms with Gasteiger partial charge in [-0.25, -0.2) is 0 Å². The molecule has 0 aromatic heterocycles. The van der Waals surface area contributed by atoms with Crippen molar-refractivity contribution in [2.75, 3.05) is 7.05 Å². The van der Waals surface area contributed by atoms with E-state index in [0.717, 1.165) is 5.56 Å². The van der Waals surface area contributed by atoms with Gasteiger partial charge in [0.15, 0.2) is 0 Å². The molecule has 4 heteroatoms. The third-order valence-electron chi connectivity index (χ3n) is 1.46. The van der Waals surface area contributed by atoms with Crippen LogP contribution in [0.5, 0.6) is 0 Å². The van der Waals surface area contributed by atoms with Gasteiger partial charge in [-0.1, -0.05) is 34.8 Å². The van der Waals surface area contributed by atoms with Gasteiger partial charge in [0, 0.05) is 11.6 Å². The molecule has 0 saturated heterocycles. The van der Waals surface area contributed by atoms with Gasteiger partial charge >= 0.3 is 0 Å². The molecule has 1 nitrogen and oxygen atoms in total. The maximum absolute atomic E-state index is 5.90. The minimum atomic E-state index is 0.488. The van der Waals surface area contributed by atoms with E-state index in [2.05, 4.69) is 5.32 Å². The van der Waals surface area contributed by atoms with Crippen molar-refractivity contribution in [1.29, 1.82) is 0 Å². The van der Waals surface area contributed by atoms with Gasteiger partial charge in [-0.2, -0.15) is 0 Å². The summed E-state index contributed by atoms with van der Waals surface area (Å²) in [5.41, 5.74) is 0.952. The van der Waals surface area contributed by atoms with E-state index in [0.29, 0.717) is 21.6 Å². The van der Waals surface area contributed by atoms with Crippen LogP contribution in [0.1, 0.15) is 5.56 Å². The SMILES string of the molecule is CNCc1cc(Cl)c(Cl)cc1Cl. The zero-order valence-electron chi connectivity index (χ0n) is 6.50. The topological polar surface area (TPSA) is 12.0 Å². The zero-order valence-corrected chi connectivity index (χ0v) is 8.76. The molecule has 0 fully saturated rings. The quantitative estimate of drug-likeness (QED) is 0.760. The second kappa shape index (κ2) is 4.33. The summed E-state index contributed by atoms with van der Waals surface area (Å²) in [5, 5.41) is 4.64. The molecule has 1 rings (SSSR count). The molecule has 1 N–H and O–H groups in total. The largest absolute Gasteiger partial charge is 0.316 e. The van der Waals surface area contributed by atoms with Gasteiger partial charge in [-0.3, -0.25) is 0 Å². The van der Waals surface area contributed by atoms with Crippen molar-refractivity contribution in [3.05, 3.63) is 32.8 Å². The maximum Gasteiger partial charge on any atom is 0.0607 e. The highest BCUT2D eigenvalue weighted by Gasteiger charge is 2.04. The Bertz CT molecular complexity index is 286. The van der Waals surface area contributed by atoms with Crippen molar-refractivity contribution in [3.63, 3.8) is 0 Å². The highest BCUT2D eigenvalue weighted by molar-refractivity contribution is 6.43. The molecule has 66 valence electrons. The summed E-state index contributed by atoms with van der Waals surface area (Å²) in [6.07, 6.45) is 0. The van der Waals surface area contributed by atoms with Crippen LogP contribution in [0.3, 0.4) is 0 Å². The summed E-state index contributed by atoms with van der Waals surface area (Å²) >= 11 is 17.4. The molecule has 1 aromatic carbocycles. The monoisotopic (exact) mass is 223 g/mol. The van der Waals surface area contributed by atoms with E-state index in [1.54, 1.807) is 12.1 Å². The van der Waals surface area contributed by atoms with Crippen molar-refractivity contribution in [1.82, 2.24) is 5.32 Å². The van der Waals surface area contributed by atoms with Crippen LogP contribution >= 0.6 is 34.8 Å². The highest BCUT2D eigenvalue weighted by atomic mass is 35.5. The van der Waals surface area contributed by atoms with E-state index in [-0.39, 0.29) is 0 Å². The molecule has 0 unspecified atom stereocenters. The lowest BCUT2D eigenvalue weighted by atomic mass is 10.2. The van der Waals surface area contributed by atoms with Crippen LogP contribution in [-0.2, 0) is 6.54 Å². The maximum atomic E-state index is 5.90. The van der Waals surface area contributed by atoms with Crippen molar-refractivity contribution in [2.45, 2.75) is 6.54 Å². The molecule has 0 spiro atoms. The molecule has 0 bridgehead atoms. The number of hydrogen-bond donors (Lipinski definition) is 1. The lowest BCUT2D eigenvalue weighted by Crippen LogP contribution is -2.05. The molecule has 12 heavy (non-hydrogen) atoms. The van der Waals surface area contributed by atoms with Crippen LogP contribution in [0.15, 0.2) is 12.1 Å². The van der Waals surface area contributed by atoms with Gasteiger partial charge in [-0.05, 0) is 24.7 Å². The Morgan fingerprint density at radius 3 is 2.25 bits per heavy atom. The van der Waals surface area contributed by atoms with Gasteiger partial charge in [-0.15, -0.1) is 0 Å². The minimum Gasteiger partial charge on any atom is -0.316 e. The van der Waals surface area contributed by atoms with Crippen LogP contribution in [0, 0.1) is 0 Å². The predicted molar refractivity (Wildman–Crippen MR) is 54.2 cm³/mol. The first-order valence-corrected chi connectivity index (χ1v) is 4.56. The molecule has 1 aromatic rings. The summed E-state index contributed by atoms with van der Waals surface area (Å²) in [4.78, 5) is 0. The third-order valence-corrected chi connectivity index (χ3v) is 2.53. The number of rotatable bonds is 2. The third kappa shape index (κ3) is 2.27. The van der Waals surface area contributed by atoms with Crippen LogP contribution in [0.2, 0.25) is 15.1 Å². The summed E-state index contributed by atoms with van der Waals surface area (Å²) in [6.45, 7) is 0.690.